The molecule has 1 nitrogen and oxygen atoms in total. The van der Waals surface area contributed by atoms with Crippen LogP contribution in [0.25, 0.3) is 11.1 Å². The summed E-state index contributed by atoms with van der Waals surface area (Å²) in [6.45, 7) is 1.92. The van der Waals surface area contributed by atoms with Crippen LogP contribution in [0.4, 0.5) is 8.78 Å². The monoisotopic (exact) mass is 229 g/mol. The Bertz CT molecular complexity index is 595. The molecule has 0 unspecified atom stereocenters. The van der Waals surface area contributed by atoms with Crippen molar-refractivity contribution in [2.24, 2.45) is 0 Å². The van der Waals surface area contributed by atoms with Crippen LogP contribution in [-0.2, 0) is 0 Å². The lowest BCUT2D eigenvalue weighted by atomic mass is 10.0. The molecule has 3 heteroatoms. The lowest BCUT2D eigenvalue weighted by molar-refractivity contribution is 0.579. The van der Waals surface area contributed by atoms with Gasteiger partial charge in [0.2, 0.25) is 0 Å². The fourth-order valence-corrected chi connectivity index (χ4v) is 1.61. The quantitative estimate of drug-likeness (QED) is 0.729. The van der Waals surface area contributed by atoms with Gasteiger partial charge in [0.05, 0.1) is 0 Å². The van der Waals surface area contributed by atoms with Gasteiger partial charge in [0.15, 0.2) is 5.82 Å². The standard InChI is InChI=1S/C14H9F2N/c1-9-2-4-10(5-3-9)11-6-7-13(15)12(8-17)14(11)16/h2-7H,1H3. The van der Waals surface area contributed by atoms with Gasteiger partial charge in [-0.05, 0) is 24.6 Å². The smallest absolute Gasteiger partial charge is 0.151 e. The SMILES string of the molecule is Cc1ccc(-c2ccc(F)c(C#N)c2F)cc1. The first-order valence-electron chi connectivity index (χ1n) is 5.08. The lowest BCUT2D eigenvalue weighted by Gasteiger charge is -2.05. The summed E-state index contributed by atoms with van der Waals surface area (Å²) in [7, 11) is 0. The van der Waals surface area contributed by atoms with Gasteiger partial charge in [0.25, 0.3) is 0 Å². The van der Waals surface area contributed by atoms with E-state index in [1.165, 1.54) is 12.1 Å². The van der Waals surface area contributed by atoms with Crippen molar-refractivity contribution in [3.63, 3.8) is 0 Å². The zero-order chi connectivity index (χ0) is 12.4. The van der Waals surface area contributed by atoms with Crippen LogP contribution in [0, 0.1) is 29.9 Å². The highest BCUT2D eigenvalue weighted by molar-refractivity contribution is 5.66. The van der Waals surface area contributed by atoms with Gasteiger partial charge in [0.1, 0.15) is 17.4 Å². The van der Waals surface area contributed by atoms with Crippen LogP contribution in [0.2, 0.25) is 0 Å². The van der Waals surface area contributed by atoms with Gasteiger partial charge in [-0.25, -0.2) is 8.78 Å². The Balaban J connectivity index is 2.61. The molecule has 0 fully saturated rings. The maximum Gasteiger partial charge on any atom is 0.151 e. The van der Waals surface area contributed by atoms with Crippen molar-refractivity contribution in [1.82, 2.24) is 0 Å². The molecule has 0 aliphatic carbocycles. The van der Waals surface area contributed by atoms with Gasteiger partial charge < -0.3 is 0 Å². The first-order chi connectivity index (χ1) is 8.13. The summed E-state index contributed by atoms with van der Waals surface area (Å²) in [4.78, 5) is 0. The van der Waals surface area contributed by atoms with Crippen LogP contribution in [0.3, 0.4) is 0 Å². The molecular formula is C14H9F2N. The normalized spacial score (nSPS) is 10.0. The molecule has 0 saturated heterocycles. The highest BCUT2D eigenvalue weighted by Crippen LogP contribution is 2.26. The first-order valence-corrected chi connectivity index (χ1v) is 5.08. The molecule has 0 aromatic heterocycles. The zero-order valence-corrected chi connectivity index (χ0v) is 9.17. The van der Waals surface area contributed by atoms with Crippen LogP contribution >= 0.6 is 0 Å². The van der Waals surface area contributed by atoms with Crippen LogP contribution < -0.4 is 0 Å². The summed E-state index contributed by atoms with van der Waals surface area (Å²) >= 11 is 0. The third-order valence-corrected chi connectivity index (χ3v) is 2.57. The number of halogens is 2. The van der Waals surface area contributed by atoms with Crippen molar-refractivity contribution in [3.05, 3.63) is 59.2 Å². The topological polar surface area (TPSA) is 23.8 Å². The van der Waals surface area contributed by atoms with E-state index in [-0.39, 0.29) is 5.56 Å². The predicted octanol–water partition coefficient (Wildman–Crippen LogP) is 3.81. The Hall–Kier alpha value is -2.21. The number of nitrogens with zero attached hydrogens (tertiary/aromatic N) is 1. The van der Waals surface area contributed by atoms with E-state index in [1.54, 1.807) is 12.1 Å². The number of hydrogen-bond acceptors (Lipinski definition) is 1. The molecule has 84 valence electrons. The second kappa shape index (κ2) is 4.34. The molecule has 2 aromatic carbocycles. The van der Waals surface area contributed by atoms with Crippen molar-refractivity contribution in [3.8, 4) is 17.2 Å². The largest absolute Gasteiger partial charge is 0.205 e. The number of benzene rings is 2. The lowest BCUT2D eigenvalue weighted by Crippen LogP contribution is -1.93. The van der Waals surface area contributed by atoms with Gasteiger partial charge in [-0.1, -0.05) is 29.8 Å². The number of aryl methyl sites for hydroxylation is 1. The molecule has 0 aliphatic heterocycles. The van der Waals surface area contributed by atoms with Crippen LogP contribution in [0.5, 0.6) is 0 Å². The molecule has 0 heterocycles. The van der Waals surface area contributed by atoms with E-state index in [2.05, 4.69) is 0 Å². The molecule has 0 radical (unpaired) electrons. The minimum Gasteiger partial charge on any atom is -0.205 e. The summed E-state index contributed by atoms with van der Waals surface area (Å²) < 4.78 is 27.0. The second-order valence-corrected chi connectivity index (χ2v) is 3.76. The minimum atomic E-state index is -0.833. The van der Waals surface area contributed by atoms with Gasteiger partial charge in [-0.3, -0.25) is 0 Å². The Morgan fingerprint density at radius 1 is 1.00 bits per heavy atom. The van der Waals surface area contributed by atoms with Crippen molar-refractivity contribution in [2.45, 2.75) is 6.92 Å². The van der Waals surface area contributed by atoms with Gasteiger partial charge in [-0.15, -0.1) is 0 Å². The third-order valence-electron chi connectivity index (χ3n) is 2.57. The van der Waals surface area contributed by atoms with Gasteiger partial charge in [0, 0.05) is 5.56 Å². The summed E-state index contributed by atoms with van der Waals surface area (Å²) in [5, 5.41) is 8.68. The second-order valence-electron chi connectivity index (χ2n) is 3.76. The Morgan fingerprint density at radius 3 is 2.24 bits per heavy atom. The number of hydrogen-bond donors (Lipinski definition) is 0. The molecule has 17 heavy (non-hydrogen) atoms. The maximum absolute atomic E-state index is 13.9. The van der Waals surface area contributed by atoms with Crippen molar-refractivity contribution in [1.29, 1.82) is 5.26 Å². The highest BCUT2D eigenvalue weighted by atomic mass is 19.1. The number of nitriles is 1. The minimum absolute atomic E-state index is 0.239. The van der Waals surface area contributed by atoms with Crippen molar-refractivity contribution in [2.75, 3.05) is 0 Å². The molecule has 0 atom stereocenters. The average molecular weight is 229 g/mol. The predicted molar refractivity (Wildman–Crippen MR) is 61.2 cm³/mol. The molecule has 2 aromatic rings. The molecule has 2 rings (SSSR count). The fourth-order valence-electron chi connectivity index (χ4n) is 1.61. The molecule has 0 aliphatic rings. The van der Waals surface area contributed by atoms with E-state index in [0.717, 1.165) is 11.6 Å². The third kappa shape index (κ3) is 2.02. The highest BCUT2D eigenvalue weighted by Gasteiger charge is 2.14. The van der Waals surface area contributed by atoms with Crippen molar-refractivity contribution >= 4 is 0 Å². The van der Waals surface area contributed by atoms with E-state index in [0.29, 0.717) is 5.56 Å². The van der Waals surface area contributed by atoms with Crippen LogP contribution in [-0.4, -0.2) is 0 Å². The zero-order valence-electron chi connectivity index (χ0n) is 9.17. The summed E-state index contributed by atoms with van der Waals surface area (Å²) in [5.74, 6) is -1.64. The fraction of sp³-hybridized carbons (Fsp3) is 0.0714. The maximum atomic E-state index is 13.9. The summed E-state index contributed by atoms with van der Waals surface area (Å²) in [6, 6.07) is 11.1. The van der Waals surface area contributed by atoms with Crippen molar-refractivity contribution < 1.29 is 8.78 Å². The summed E-state index contributed by atoms with van der Waals surface area (Å²) in [5.41, 5.74) is 1.38. The number of rotatable bonds is 1. The van der Waals surface area contributed by atoms with Gasteiger partial charge >= 0.3 is 0 Å². The first kappa shape index (κ1) is 11.3. The Morgan fingerprint density at radius 2 is 1.65 bits per heavy atom. The molecule has 0 saturated carbocycles. The van der Waals surface area contributed by atoms with E-state index in [4.69, 9.17) is 5.26 Å². The molecule has 0 amide bonds. The van der Waals surface area contributed by atoms with Crippen LogP contribution in [0.15, 0.2) is 36.4 Å². The van der Waals surface area contributed by atoms with E-state index in [9.17, 15) is 8.78 Å². The van der Waals surface area contributed by atoms with E-state index in [1.807, 2.05) is 19.1 Å². The Labute approximate surface area is 97.9 Å². The summed E-state index contributed by atoms with van der Waals surface area (Å²) in [6.07, 6.45) is 0. The van der Waals surface area contributed by atoms with E-state index < -0.39 is 17.2 Å². The molecule has 0 N–H and O–H groups in total. The van der Waals surface area contributed by atoms with Gasteiger partial charge in [-0.2, -0.15) is 5.26 Å². The molecular weight excluding hydrogens is 220 g/mol. The van der Waals surface area contributed by atoms with Crippen LogP contribution in [0.1, 0.15) is 11.1 Å². The Kier molecular flexibility index (Phi) is 2.88. The molecule has 0 bridgehead atoms. The average Bonchev–Trinajstić information content (AvgIpc) is 2.31. The van der Waals surface area contributed by atoms with E-state index >= 15 is 0 Å². The molecule has 0 spiro atoms.